The second kappa shape index (κ2) is 4.78. The van der Waals surface area contributed by atoms with Crippen LogP contribution in [-0.4, -0.2) is 44.9 Å². The van der Waals surface area contributed by atoms with E-state index in [-0.39, 0.29) is 0 Å². The predicted molar refractivity (Wildman–Crippen MR) is 82.2 cm³/mol. The quantitative estimate of drug-likeness (QED) is 0.905. The number of fused-ring (bicyclic) bond motifs is 2. The molecule has 2 aromatic heterocycles. The van der Waals surface area contributed by atoms with Gasteiger partial charge in [-0.2, -0.15) is 0 Å². The highest BCUT2D eigenvalue weighted by Gasteiger charge is 2.41. The molecule has 2 aliphatic rings. The van der Waals surface area contributed by atoms with Crippen LogP contribution in [0.1, 0.15) is 24.0 Å². The van der Waals surface area contributed by atoms with Gasteiger partial charge in [0, 0.05) is 36.7 Å². The third kappa shape index (κ3) is 2.15. The zero-order valence-electron chi connectivity index (χ0n) is 13.0. The second-order valence-electron chi connectivity index (χ2n) is 6.69. The van der Waals surface area contributed by atoms with Gasteiger partial charge in [0.15, 0.2) is 0 Å². The molecule has 4 heterocycles. The number of hydrogen-bond donors (Lipinski definition) is 1. The first-order chi connectivity index (χ1) is 10.1. The van der Waals surface area contributed by atoms with Crippen molar-refractivity contribution in [1.82, 2.24) is 24.6 Å². The van der Waals surface area contributed by atoms with Gasteiger partial charge in [-0.25, -0.2) is 9.97 Å². The summed E-state index contributed by atoms with van der Waals surface area (Å²) in [6.07, 6.45) is 2.15. The minimum atomic E-state index is 0.644. The third-order valence-electron chi connectivity index (χ3n) is 5.23. The maximum absolute atomic E-state index is 4.72. The fourth-order valence-corrected chi connectivity index (χ4v) is 4.07. The number of aromatic nitrogens is 3. The van der Waals surface area contributed by atoms with Crippen LogP contribution in [0.3, 0.4) is 0 Å². The average Bonchev–Trinajstić information content (AvgIpc) is 3.08. The first kappa shape index (κ1) is 13.2. The fraction of sp³-hybridized carbons (Fsp3) is 0.625. The Hall–Kier alpha value is -1.46. The molecule has 3 atom stereocenters. The summed E-state index contributed by atoms with van der Waals surface area (Å²) in [4.78, 5) is 11.8. The van der Waals surface area contributed by atoms with Crippen molar-refractivity contribution in [1.29, 1.82) is 0 Å². The standard InChI is InChI=1S/C16H23N5/c1-10-4-11(2)21-9-14(19-16(21)18-10)8-20-7-13-5-17-6-15(13)12(20)3/h4,9,12-13,15,17H,5-8H2,1-3H3. The smallest absolute Gasteiger partial charge is 0.234 e. The van der Waals surface area contributed by atoms with Crippen molar-refractivity contribution in [2.45, 2.75) is 33.4 Å². The van der Waals surface area contributed by atoms with E-state index < -0.39 is 0 Å². The Balaban J connectivity index is 1.59. The largest absolute Gasteiger partial charge is 0.316 e. The molecule has 3 unspecified atom stereocenters. The van der Waals surface area contributed by atoms with Gasteiger partial charge in [0.1, 0.15) is 0 Å². The van der Waals surface area contributed by atoms with Gasteiger partial charge in [-0.15, -0.1) is 0 Å². The molecule has 0 saturated carbocycles. The van der Waals surface area contributed by atoms with E-state index >= 15 is 0 Å². The summed E-state index contributed by atoms with van der Waals surface area (Å²) in [6, 6.07) is 2.75. The van der Waals surface area contributed by atoms with Crippen molar-refractivity contribution in [3.05, 3.63) is 29.3 Å². The van der Waals surface area contributed by atoms with E-state index in [2.05, 4.69) is 45.7 Å². The van der Waals surface area contributed by atoms with Gasteiger partial charge in [0.25, 0.3) is 0 Å². The summed E-state index contributed by atoms with van der Waals surface area (Å²) in [5.74, 6) is 2.46. The highest BCUT2D eigenvalue weighted by Crippen LogP contribution is 2.33. The zero-order valence-corrected chi connectivity index (χ0v) is 13.0. The van der Waals surface area contributed by atoms with Crippen LogP contribution in [-0.2, 0) is 6.54 Å². The molecular formula is C16H23N5. The number of imidazole rings is 1. The summed E-state index contributed by atoms with van der Waals surface area (Å²) in [6.45, 7) is 11.0. The van der Waals surface area contributed by atoms with E-state index in [1.165, 1.54) is 25.3 Å². The number of likely N-dealkylation sites (tertiary alicyclic amines) is 1. The molecular weight excluding hydrogens is 262 g/mol. The summed E-state index contributed by atoms with van der Waals surface area (Å²) >= 11 is 0. The molecule has 0 amide bonds. The van der Waals surface area contributed by atoms with Gasteiger partial charge in [0.2, 0.25) is 5.78 Å². The maximum atomic E-state index is 4.72. The SMILES string of the molecule is Cc1cc(C)n2cc(CN3CC4CNCC4C3C)nc2n1. The first-order valence-electron chi connectivity index (χ1n) is 7.89. The number of nitrogens with zero attached hydrogens (tertiary/aromatic N) is 4. The summed E-state index contributed by atoms with van der Waals surface area (Å²) < 4.78 is 2.10. The van der Waals surface area contributed by atoms with Crippen molar-refractivity contribution in [2.24, 2.45) is 11.8 Å². The first-order valence-corrected chi connectivity index (χ1v) is 7.89. The lowest BCUT2D eigenvalue weighted by Crippen LogP contribution is -2.32. The molecule has 5 nitrogen and oxygen atoms in total. The van der Waals surface area contributed by atoms with Crippen molar-refractivity contribution < 1.29 is 0 Å². The monoisotopic (exact) mass is 285 g/mol. The van der Waals surface area contributed by atoms with E-state index in [4.69, 9.17) is 4.98 Å². The van der Waals surface area contributed by atoms with Crippen LogP contribution >= 0.6 is 0 Å². The summed E-state index contributed by atoms with van der Waals surface area (Å²) in [5, 5.41) is 3.52. The van der Waals surface area contributed by atoms with Crippen molar-refractivity contribution in [2.75, 3.05) is 19.6 Å². The normalized spacial score (nSPS) is 29.4. The topological polar surface area (TPSA) is 45.5 Å². The molecule has 4 rings (SSSR count). The summed E-state index contributed by atoms with van der Waals surface area (Å²) in [7, 11) is 0. The molecule has 112 valence electrons. The molecule has 2 fully saturated rings. The highest BCUT2D eigenvalue weighted by atomic mass is 15.2. The Bertz CT molecular complexity index is 677. The Morgan fingerprint density at radius 1 is 1.29 bits per heavy atom. The predicted octanol–water partition coefficient (Wildman–Crippen LogP) is 1.39. The molecule has 0 aromatic carbocycles. The molecule has 2 aliphatic heterocycles. The van der Waals surface area contributed by atoms with Crippen molar-refractivity contribution in [3.63, 3.8) is 0 Å². The van der Waals surface area contributed by atoms with Gasteiger partial charge in [0.05, 0.1) is 5.69 Å². The summed E-state index contributed by atoms with van der Waals surface area (Å²) in [5.41, 5.74) is 3.37. The second-order valence-corrected chi connectivity index (χ2v) is 6.69. The van der Waals surface area contributed by atoms with Crippen LogP contribution in [0.4, 0.5) is 0 Å². The van der Waals surface area contributed by atoms with Crippen LogP contribution in [0.15, 0.2) is 12.3 Å². The average molecular weight is 285 g/mol. The molecule has 0 bridgehead atoms. The molecule has 5 heteroatoms. The Morgan fingerprint density at radius 2 is 2.14 bits per heavy atom. The number of nitrogens with one attached hydrogen (secondary N) is 1. The fourth-order valence-electron chi connectivity index (χ4n) is 4.07. The molecule has 2 aromatic rings. The van der Waals surface area contributed by atoms with Gasteiger partial charge >= 0.3 is 0 Å². The third-order valence-corrected chi connectivity index (χ3v) is 5.23. The highest BCUT2D eigenvalue weighted by molar-refractivity contribution is 5.34. The molecule has 2 saturated heterocycles. The van der Waals surface area contributed by atoms with Gasteiger partial charge in [-0.05, 0) is 51.8 Å². The van der Waals surface area contributed by atoms with Crippen molar-refractivity contribution in [3.8, 4) is 0 Å². The van der Waals surface area contributed by atoms with Gasteiger partial charge in [-0.3, -0.25) is 9.30 Å². The van der Waals surface area contributed by atoms with E-state index in [0.29, 0.717) is 6.04 Å². The number of rotatable bonds is 2. The van der Waals surface area contributed by atoms with E-state index in [1.54, 1.807) is 0 Å². The Labute approximate surface area is 125 Å². The molecule has 0 radical (unpaired) electrons. The lowest BCUT2D eigenvalue weighted by atomic mass is 9.95. The van der Waals surface area contributed by atoms with Crippen LogP contribution in [0.5, 0.6) is 0 Å². The van der Waals surface area contributed by atoms with E-state index in [1.807, 2.05) is 6.92 Å². The minimum absolute atomic E-state index is 0.644. The van der Waals surface area contributed by atoms with E-state index in [0.717, 1.165) is 35.5 Å². The van der Waals surface area contributed by atoms with E-state index in [9.17, 15) is 0 Å². The van der Waals surface area contributed by atoms with Crippen LogP contribution in [0, 0.1) is 25.7 Å². The maximum Gasteiger partial charge on any atom is 0.234 e. The van der Waals surface area contributed by atoms with Crippen LogP contribution < -0.4 is 5.32 Å². The lowest BCUT2D eigenvalue weighted by Gasteiger charge is -2.23. The molecule has 1 N–H and O–H groups in total. The van der Waals surface area contributed by atoms with Gasteiger partial charge in [-0.1, -0.05) is 0 Å². The molecule has 21 heavy (non-hydrogen) atoms. The minimum Gasteiger partial charge on any atom is -0.316 e. The van der Waals surface area contributed by atoms with Crippen LogP contribution in [0.25, 0.3) is 5.78 Å². The zero-order chi connectivity index (χ0) is 14.6. The lowest BCUT2D eigenvalue weighted by molar-refractivity contribution is 0.229. The van der Waals surface area contributed by atoms with Crippen molar-refractivity contribution >= 4 is 5.78 Å². The number of aryl methyl sites for hydroxylation is 2. The number of hydrogen-bond acceptors (Lipinski definition) is 4. The molecule has 0 spiro atoms. The Kier molecular flexibility index (Phi) is 3.01. The van der Waals surface area contributed by atoms with Crippen LogP contribution in [0.2, 0.25) is 0 Å². The molecule has 0 aliphatic carbocycles. The Morgan fingerprint density at radius 3 is 2.95 bits per heavy atom. The van der Waals surface area contributed by atoms with Gasteiger partial charge < -0.3 is 5.32 Å².